The molecule has 0 radical (unpaired) electrons. The Morgan fingerprint density at radius 3 is 2.69 bits per heavy atom. The van der Waals surface area contributed by atoms with Crippen molar-refractivity contribution in [3.8, 4) is 5.75 Å². The fraction of sp³-hybridized carbons (Fsp3) is 0.429. The Bertz CT molecular complexity index is 712. The summed E-state index contributed by atoms with van der Waals surface area (Å²) in [7, 11) is 1.73. The highest BCUT2D eigenvalue weighted by molar-refractivity contribution is 5.77. The van der Waals surface area contributed by atoms with Gasteiger partial charge in [0.1, 0.15) is 5.75 Å². The fourth-order valence-electron chi connectivity index (χ4n) is 3.80. The van der Waals surface area contributed by atoms with E-state index in [1.807, 2.05) is 30.5 Å². The molecular formula is C21H27N3O2. The number of piperidine rings is 1. The van der Waals surface area contributed by atoms with Gasteiger partial charge in [0.2, 0.25) is 5.91 Å². The molecule has 0 unspecified atom stereocenters. The smallest absolute Gasteiger partial charge is 0.222 e. The van der Waals surface area contributed by atoms with Crippen molar-refractivity contribution in [2.45, 2.75) is 25.2 Å². The largest absolute Gasteiger partial charge is 0.496 e. The third-order valence-corrected chi connectivity index (χ3v) is 5.25. The highest BCUT2D eigenvalue weighted by atomic mass is 16.5. The van der Waals surface area contributed by atoms with Crippen LogP contribution in [-0.2, 0) is 11.2 Å². The van der Waals surface area contributed by atoms with Crippen LogP contribution in [0.15, 0.2) is 48.8 Å². The number of rotatable bonds is 7. The molecule has 1 atom stereocenters. The number of ether oxygens (including phenoxy) is 1. The molecule has 2 N–H and O–H groups in total. The summed E-state index contributed by atoms with van der Waals surface area (Å²) in [6.45, 7) is 2.65. The minimum atomic E-state index is -0.235. The molecule has 0 saturated carbocycles. The van der Waals surface area contributed by atoms with E-state index in [0.29, 0.717) is 18.9 Å². The van der Waals surface area contributed by atoms with Crippen molar-refractivity contribution in [2.75, 3.05) is 26.7 Å². The van der Waals surface area contributed by atoms with Gasteiger partial charge >= 0.3 is 0 Å². The van der Waals surface area contributed by atoms with E-state index in [0.717, 1.165) is 37.2 Å². The van der Waals surface area contributed by atoms with E-state index in [2.05, 4.69) is 22.0 Å². The van der Waals surface area contributed by atoms with Gasteiger partial charge in [-0.3, -0.25) is 9.78 Å². The van der Waals surface area contributed by atoms with E-state index >= 15 is 0 Å². The molecule has 1 aromatic heterocycles. The fourth-order valence-corrected chi connectivity index (χ4v) is 3.80. The quantitative estimate of drug-likeness (QED) is 0.831. The van der Waals surface area contributed by atoms with Gasteiger partial charge in [0.05, 0.1) is 13.0 Å². The molecule has 3 rings (SSSR count). The summed E-state index contributed by atoms with van der Waals surface area (Å²) in [4.78, 5) is 18.4. The van der Waals surface area contributed by atoms with E-state index in [9.17, 15) is 4.79 Å². The minimum absolute atomic E-state index is 0.179. The summed E-state index contributed by atoms with van der Waals surface area (Å²) in [5.74, 6) is 1.06. The van der Waals surface area contributed by atoms with Crippen molar-refractivity contribution >= 4 is 5.91 Å². The van der Waals surface area contributed by atoms with Gasteiger partial charge in [-0.15, -0.1) is 0 Å². The number of pyridine rings is 1. The first kappa shape index (κ1) is 18.4. The number of nitrogens with zero attached hydrogens (tertiary/aromatic N) is 2. The average Bonchev–Trinajstić information content (AvgIpc) is 2.69. The lowest BCUT2D eigenvalue weighted by atomic mass is 9.88. The van der Waals surface area contributed by atoms with Crippen molar-refractivity contribution < 1.29 is 9.53 Å². The number of methoxy groups -OCH3 is 1. The normalized spacial score (nSPS) is 17.0. The SMILES string of the molecule is COc1ccccc1C1CCN(C[C@@H](Cc2cccnc2)C(N)=O)CC1. The van der Waals surface area contributed by atoms with Crippen LogP contribution in [0.4, 0.5) is 0 Å². The monoisotopic (exact) mass is 353 g/mol. The number of likely N-dealkylation sites (tertiary alicyclic amines) is 1. The van der Waals surface area contributed by atoms with Crippen LogP contribution in [0.25, 0.3) is 0 Å². The summed E-state index contributed by atoms with van der Waals surface area (Å²) in [5.41, 5.74) is 8.00. The minimum Gasteiger partial charge on any atom is -0.496 e. The molecule has 2 aromatic rings. The molecule has 1 amide bonds. The number of carbonyl (C=O) groups excluding carboxylic acids is 1. The summed E-state index contributed by atoms with van der Waals surface area (Å²) >= 11 is 0. The number of primary amides is 1. The molecule has 2 heterocycles. The van der Waals surface area contributed by atoms with Crippen LogP contribution in [0.3, 0.4) is 0 Å². The van der Waals surface area contributed by atoms with Crippen molar-refractivity contribution in [2.24, 2.45) is 11.7 Å². The van der Waals surface area contributed by atoms with Crippen LogP contribution >= 0.6 is 0 Å². The Balaban J connectivity index is 1.57. The van der Waals surface area contributed by atoms with Gasteiger partial charge in [-0.25, -0.2) is 0 Å². The number of aromatic nitrogens is 1. The number of benzene rings is 1. The molecule has 1 aliphatic rings. The lowest BCUT2D eigenvalue weighted by molar-refractivity contribution is -0.122. The maximum atomic E-state index is 11.9. The number of amides is 1. The lowest BCUT2D eigenvalue weighted by Crippen LogP contribution is -2.41. The van der Waals surface area contributed by atoms with Crippen molar-refractivity contribution in [3.63, 3.8) is 0 Å². The zero-order chi connectivity index (χ0) is 18.4. The molecule has 0 bridgehead atoms. The maximum absolute atomic E-state index is 11.9. The number of carbonyl (C=O) groups is 1. The molecule has 0 spiro atoms. The maximum Gasteiger partial charge on any atom is 0.222 e. The molecule has 1 saturated heterocycles. The van der Waals surface area contributed by atoms with Gasteiger partial charge in [0.15, 0.2) is 0 Å². The topological polar surface area (TPSA) is 68.4 Å². The molecule has 26 heavy (non-hydrogen) atoms. The Labute approximate surface area is 155 Å². The molecule has 5 heteroatoms. The highest BCUT2D eigenvalue weighted by Gasteiger charge is 2.26. The molecule has 1 aromatic carbocycles. The van der Waals surface area contributed by atoms with E-state index in [1.54, 1.807) is 13.3 Å². The Hall–Kier alpha value is -2.40. The van der Waals surface area contributed by atoms with Gasteiger partial charge in [-0.2, -0.15) is 0 Å². The number of para-hydroxylation sites is 1. The lowest BCUT2D eigenvalue weighted by Gasteiger charge is -2.34. The van der Waals surface area contributed by atoms with Crippen LogP contribution in [0.1, 0.15) is 29.9 Å². The van der Waals surface area contributed by atoms with E-state index in [-0.39, 0.29) is 11.8 Å². The van der Waals surface area contributed by atoms with Gasteiger partial charge in [-0.05, 0) is 61.5 Å². The van der Waals surface area contributed by atoms with Gasteiger partial charge in [-0.1, -0.05) is 24.3 Å². The highest BCUT2D eigenvalue weighted by Crippen LogP contribution is 2.34. The predicted octanol–water partition coefficient (Wildman–Crippen LogP) is 2.61. The van der Waals surface area contributed by atoms with E-state index in [1.165, 1.54) is 5.56 Å². The first-order chi connectivity index (χ1) is 12.7. The van der Waals surface area contributed by atoms with Crippen LogP contribution in [-0.4, -0.2) is 42.5 Å². The standard InChI is InChI=1S/C21H27N3O2/c1-26-20-7-3-2-6-19(20)17-8-11-24(12-9-17)15-18(21(22)25)13-16-5-4-10-23-14-16/h2-7,10,14,17-18H,8-9,11-13,15H2,1H3,(H2,22,25)/t18-/m1/s1. The van der Waals surface area contributed by atoms with E-state index in [4.69, 9.17) is 10.5 Å². The third-order valence-electron chi connectivity index (χ3n) is 5.25. The second-order valence-electron chi connectivity index (χ2n) is 6.98. The van der Waals surface area contributed by atoms with Crippen LogP contribution in [0.5, 0.6) is 5.75 Å². The molecule has 1 fully saturated rings. The van der Waals surface area contributed by atoms with Crippen molar-refractivity contribution in [3.05, 3.63) is 59.9 Å². The zero-order valence-electron chi connectivity index (χ0n) is 15.3. The van der Waals surface area contributed by atoms with Crippen molar-refractivity contribution in [1.29, 1.82) is 0 Å². The molecule has 5 nitrogen and oxygen atoms in total. The molecular weight excluding hydrogens is 326 g/mol. The van der Waals surface area contributed by atoms with Gasteiger partial charge in [0, 0.05) is 18.9 Å². The second-order valence-corrected chi connectivity index (χ2v) is 6.98. The average molecular weight is 353 g/mol. The summed E-state index contributed by atoms with van der Waals surface area (Å²) in [6.07, 6.45) is 6.34. The first-order valence-corrected chi connectivity index (χ1v) is 9.21. The van der Waals surface area contributed by atoms with Gasteiger partial charge in [0.25, 0.3) is 0 Å². The van der Waals surface area contributed by atoms with E-state index < -0.39 is 0 Å². The van der Waals surface area contributed by atoms with Crippen LogP contribution < -0.4 is 10.5 Å². The zero-order valence-corrected chi connectivity index (χ0v) is 15.3. The number of hydrogen-bond donors (Lipinski definition) is 1. The summed E-state index contributed by atoms with van der Waals surface area (Å²) in [5, 5.41) is 0. The predicted molar refractivity (Wildman–Crippen MR) is 102 cm³/mol. The van der Waals surface area contributed by atoms with Crippen LogP contribution in [0, 0.1) is 5.92 Å². The Kier molecular flexibility index (Phi) is 6.23. The second kappa shape index (κ2) is 8.81. The molecule has 0 aliphatic carbocycles. The summed E-state index contributed by atoms with van der Waals surface area (Å²) < 4.78 is 5.51. The van der Waals surface area contributed by atoms with Gasteiger partial charge < -0.3 is 15.4 Å². The Morgan fingerprint density at radius 1 is 1.27 bits per heavy atom. The third kappa shape index (κ3) is 4.61. The van der Waals surface area contributed by atoms with Crippen molar-refractivity contribution in [1.82, 2.24) is 9.88 Å². The number of hydrogen-bond acceptors (Lipinski definition) is 4. The number of nitrogens with two attached hydrogens (primary N) is 1. The molecule has 1 aliphatic heterocycles. The Morgan fingerprint density at radius 2 is 2.04 bits per heavy atom. The summed E-state index contributed by atoms with van der Waals surface area (Å²) in [6, 6.07) is 12.2. The first-order valence-electron chi connectivity index (χ1n) is 9.21. The van der Waals surface area contributed by atoms with Crippen LogP contribution in [0.2, 0.25) is 0 Å². The molecule has 138 valence electrons.